The van der Waals surface area contributed by atoms with E-state index in [4.69, 9.17) is 10.3 Å². The summed E-state index contributed by atoms with van der Waals surface area (Å²) in [5.74, 6) is 4.94. The summed E-state index contributed by atoms with van der Waals surface area (Å²) < 4.78 is 20.4. The van der Waals surface area contributed by atoms with Crippen molar-refractivity contribution in [2.45, 2.75) is 6.54 Å². The number of fused-ring (bicyclic) bond motifs is 1. The van der Waals surface area contributed by atoms with E-state index < -0.39 is 5.91 Å². The monoisotopic (exact) mass is 273 g/mol. The topological polar surface area (TPSA) is 73.2 Å². The number of aromatic nitrogens is 1. The molecule has 6 heteroatoms. The number of rotatable bonds is 3. The van der Waals surface area contributed by atoms with Crippen LogP contribution in [0.4, 0.5) is 4.39 Å². The summed E-state index contributed by atoms with van der Waals surface area (Å²) in [7, 11) is 0. The Kier molecular flexibility index (Phi) is 3.00. The van der Waals surface area contributed by atoms with Crippen LogP contribution in [0, 0.1) is 5.82 Å². The van der Waals surface area contributed by atoms with Gasteiger partial charge in [-0.05, 0) is 35.7 Å². The third-order valence-electron chi connectivity index (χ3n) is 3.11. The number of halogens is 1. The van der Waals surface area contributed by atoms with E-state index in [1.807, 2.05) is 22.3 Å². The molecule has 0 radical (unpaired) electrons. The van der Waals surface area contributed by atoms with Crippen LogP contribution in [-0.2, 0) is 6.54 Å². The number of hydrazine groups is 1. The van der Waals surface area contributed by atoms with Crippen molar-refractivity contribution >= 4 is 16.8 Å². The van der Waals surface area contributed by atoms with Gasteiger partial charge in [-0.2, -0.15) is 0 Å². The molecular formula is C14H12FN3O2. The zero-order chi connectivity index (χ0) is 14.1. The molecule has 3 rings (SSSR count). The first kappa shape index (κ1) is 12.4. The summed E-state index contributed by atoms with van der Waals surface area (Å²) in [5.41, 5.74) is 3.16. The van der Waals surface area contributed by atoms with E-state index in [9.17, 15) is 9.18 Å². The van der Waals surface area contributed by atoms with Crippen LogP contribution in [0.2, 0.25) is 0 Å². The quantitative estimate of drug-likeness (QED) is 0.435. The van der Waals surface area contributed by atoms with Gasteiger partial charge >= 0.3 is 0 Å². The summed E-state index contributed by atoms with van der Waals surface area (Å²) in [6, 6.07) is 8.10. The average Bonchev–Trinajstić information content (AvgIpc) is 3.06. The molecule has 2 aromatic heterocycles. The second-order valence-corrected chi connectivity index (χ2v) is 4.42. The maximum atomic E-state index is 13.3. The number of furan rings is 1. The average molecular weight is 273 g/mol. The Labute approximate surface area is 113 Å². The fraction of sp³-hybridized carbons (Fsp3) is 0.0714. The maximum absolute atomic E-state index is 13.3. The van der Waals surface area contributed by atoms with Gasteiger partial charge in [0.2, 0.25) is 0 Å². The first-order valence-corrected chi connectivity index (χ1v) is 6.00. The summed E-state index contributed by atoms with van der Waals surface area (Å²) in [6.07, 6.45) is 3.18. The van der Waals surface area contributed by atoms with Gasteiger partial charge in [0.25, 0.3) is 5.91 Å². The van der Waals surface area contributed by atoms with Crippen LogP contribution in [0.1, 0.15) is 16.1 Å². The Morgan fingerprint density at radius 1 is 1.35 bits per heavy atom. The molecule has 102 valence electrons. The van der Waals surface area contributed by atoms with E-state index in [1.54, 1.807) is 12.1 Å². The molecule has 5 nitrogen and oxygen atoms in total. The minimum absolute atomic E-state index is 0.292. The number of nitrogen functional groups attached to an aromatic ring is 1. The van der Waals surface area contributed by atoms with Gasteiger partial charge in [0.15, 0.2) is 0 Å². The van der Waals surface area contributed by atoms with Crippen LogP contribution in [0.15, 0.2) is 47.2 Å². The lowest BCUT2D eigenvalue weighted by atomic mass is 10.2. The predicted molar refractivity (Wildman–Crippen MR) is 71.4 cm³/mol. The zero-order valence-electron chi connectivity index (χ0n) is 10.5. The second-order valence-electron chi connectivity index (χ2n) is 4.42. The van der Waals surface area contributed by atoms with E-state index in [-0.39, 0.29) is 5.82 Å². The van der Waals surface area contributed by atoms with E-state index in [0.29, 0.717) is 17.9 Å². The molecule has 0 bridgehead atoms. The van der Waals surface area contributed by atoms with Crippen molar-refractivity contribution in [3.63, 3.8) is 0 Å². The third-order valence-corrected chi connectivity index (χ3v) is 3.11. The van der Waals surface area contributed by atoms with Crippen molar-refractivity contribution in [1.82, 2.24) is 9.99 Å². The van der Waals surface area contributed by atoms with Gasteiger partial charge in [-0.1, -0.05) is 0 Å². The van der Waals surface area contributed by atoms with Gasteiger partial charge in [0.05, 0.1) is 17.6 Å². The highest BCUT2D eigenvalue weighted by atomic mass is 19.1. The second kappa shape index (κ2) is 4.82. The normalized spacial score (nSPS) is 10.9. The Hall–Kier alpha value is -2.60. The van der Waals surface area contributed by atoms with Crippen molar-refractivity contribution < 1.29 is 13.6 Å². The van der Waals surface area contributed by atoms with E-state index >= 15 is 0 Å². The number of nitrogens with two attached hydrogens (primary N) is 1. The molecule has 3 aromatic rings. The SMILES string of the molecule is NNC(=O)c1coc(Cn2ccc3ccc(F)cc32)c1. The van der Waals surface area contributed by atoms with Crippen molar-refractivity contribution in [3.8, 4) is 0 Å². The number of amides is 1. The lowest BCUT2D eigenvalue weighted by molar-refractivity contribution is 0.0953. The molecule has 0 atom stereocenters. The molecule has 20 heavy (non-hydrogen) atoms. The smallest absolute Gasteiger partial charge is 0.268 e. The fourth-order valence-corrected chi connectivity index (χ4v) is 2.13. The summed E-state index contributed by atoms with van der Waals surface area (Å²) in [4.78, 5) is 11.3. The number of hydrogen-bond donors (Lipinski definition) is 2. The number of hydrogen-bond acceptors (Lipinski definition) is 3. The van der Waals surface area contributed by atoms with Gasteiger partial charge in [-0.25, -0.2) is 10.2 Å². The minimum Gasteiger partial charge on any atom is -0.467 e. The predicted octanol–water partition coefficient (Wildman–Crippen LogP) is 2.03. The van der Waals surface area contributed by atoms with Crippen LogP contribution in [0.5, 0.6) is 0 Å². The molecule has 0 aliphatic carbocycles. The lowest BCUT2D eigenvalue weighted by Gasteiger charge is -2.02. The molecular weight excluding hydrogens is 261 g/mol. The van der Waals surface area contributed by atoms with Crippen molar-refractivity contribution in [3.05, 3.63) is 59.9 Å². The number of nitrogens with one attached hydrogen (secondary N) is 1. The van der Waals surface area contributed by atoms with Crippen LogP contribution in [-0.4, -0.2) is 10.5 Å². The molecule has 1 amide bonds. The minimum atomic E-state index is -0.414. The number of nitrogens with zero attached hydrogens (tertiary/aromatic N) is 1. The standard InChI is InChI=1S/C14H12FN3O2/c15-11-2-1-9-3-4-18(13(9)6-11)7-12-5-10(8-20-12)14(19)17-16/h1-6,8H,7,16H2,(H,17,19). The Bertz CT molecular complexity index is 776. The van der Waals surface area contributed by atoms with E-state index in [1.165, 1.54) is 18.4 Å². The molecule has 2 heterocycles. The summed E-state index contributed by atoms with van der Waals surface area (Å²) in [5, 5.41) is 0.942. The molecule has 0 aliphatic heterocycles. The maximum Gasteiger partial charge on any atom is 0.268 e. The van der Waals surface area contributed by atoms with Gasteiger partial charge < -0.3 is 8.98 Å². The van der Waals surface area contributed by atoms with E-state index in [2.05, 4.69) is 0 Å². The van der Waals surface area contributed by atoms with Crippen molar-refractivity contribution in [2.24, 2.45) is 5.84 Å². The highest BCUT2D eigenvalue weighted by Gasteiger charge is 2.10. The molecule has 0 unspecified atom stereocenters. The Morgan fingerprint density at radius 3 is 3.00 bits per heavy atom. The van der Waals surface area contributed by atoms with Gasteiger partial charge in [-0.15, -0.1) is 0 Å². The lowest BCUT2D eigenvalue weighted by Crippen LogP contribution is -2.29. The van der Waals surface area contributed by atoms with Crippen LogP contribution in [0.3, 0.4) is 0 Å². The van der Waals surface area contributed by atoms with Gasteiger partial charge in [0, 0.05) is 6.20 Å². The fourth-order valence-electron chi connectivity index (χ4n) is 2.13. The molecule has 3 N–H and O–H groups in total. The summed E-state index contributed by atoms with van der Waals surface area (Å²) >= 11 is 0. The highest BCUT2D eigenvalue weighted by molar-refractivity contribution is 5.93. The molecule has 0 fully saturated rings. The van der Waals surface area contributed by atoms with Crippen LogP contribution < -0.4 is 11.3 Å². The highest BCUT2D eigenvalue weighted by Crippen LogP contribution is 2.19. The van der Waals surface area contributed by atoms with Crippen LogP contribution in [0.25, 0.3) is 10.9 Å². The Balaban J connectivity index is 1.91. The molecule has 1 aromatic carbocycles. The summed E-state index contributed by atoms with van der Waals surface area (Å²) in [6.45, 7) is 0.408. The number of benzene rings is 1. The molecule has 0 saturated carbocycles. The molecule has 0 spiro atoms. The molecule has 0 saturated heterocycles. The number of carbonyl (C=O) groups excluding carboxylic acids is 1. The largest absolute Gasteiger partial charge is 0.467 e. The third kappa shape index (κ3) is 2.17. The van der Waals surface area contributed by atoms with Crippen LogP contribution >= 0.6 is 0 Å². The van der Waals surface area contributed by atoms with Gasteiger partial charge in [-0.3, -0.25) is 10.2 Å². The van der Waals surface area contributed by atoms with Crippen molar-refractivity contribution in [1.29, 1.82) is 0 Å². The Morgan fingerprint density at radius 2 is 2.20 bits per heavy atom. The van der Waals surface area contributed by atoms with Crippen molar-refractivity contribution in [2.75, 3.05) is 0 Å². The van der Waals surface area contributed by atoms with Gasteiger partial charge in [0.1, 0.15) is 17.8 Å². The number of carbonyl (C=O) groups is 1. The first-order valence-electron chi connectivity index (χ1n) is 6.00. The molecule has 0 aliphatic rings. The zero-order valence-corrected chi connectivity index (χ0v) is 10.5. The first-order chi connectivity index (χ1) is 9.67. The van der Waals surface area contributed by atoms with E-state index in [0.717, 1.165) is 10.9 Å².